The summed E-state index contributed by atoms with van der Waals surface area (Å²) in [6, 6.07) is -0.722. The highest BCUT2D eigenvalue weighted by molar-refractivity contribution is 6.04. The van der Waals surface area contributed by atoms with Crippen molar-refractivity contribution in [1.29, 1.82) is 0 Å². The van der Waals surface area contributed by atoms with Gasteiger partial charge in [-0.3, -0.25) is 10.1 Å². The summed E-state index contributed by atoms with van der Waals surface area (Å²) in [4.78, 5) is 22.4. The van der Waals surface area contributed by atoms with E-state index >= 15 is 0 Å². The van der Waals surface area contributed by atoms with Gasteiger partial charge in [0.2, 0.25) is 0 Å². The minimum atomic E-state index is -0.371. The maximum atomic E-state index is 11.4. The molecule has 3 atom stereocenters. The highest BCUT2D eigenvalue weighted by atomic mass is 16.5. The number of hydrogen-bond acceptors (Lipinski definition) is 3. The van der Waals surface area contributed by atoms with Crippen LogP contribution in [0.4, 0.5) is 4.79 Å². The van der Waals surface area contributed by atoms with E-state index in [-0.39, 0.29) is 30.0 Å². The van der Waals surface area contributed by atoms with Gasteiger partial charge in [0.15, 0.2) is 0 Å². The topological polar surface area (TPSA) is 67.4 Å². The van der Waals surface area contributed by atoms with Crippen molar-refractivity contribution in [2.75, 3.05) is 7.11 Å². The van der Waals surface area contributed by atoms with Crippen molar-refractivity contribution >= 4 is 11.9 Å². The fourth-order valence-electron chi connectivity index (χ4n) is 2.46. The van der Waals surface area contributed by atoms with E-state index in [1.165, 1.54) is 0 Å². The van der Waals surface area contributed by atoms with Gasteiger partial charge in [0.1, 0.15) is 6.04 Å². The summed E-state index contributed by atoms with van der Waals surface area (Å²) in [5.41, 5.74) is 0. The first-order chi connectivity index (χ1) is 7.20. The second-order valence-corrected chi connectivity index (χ2v) is 4.22. The number of ether oxygens (including phenoxy) is 1. The largest absolute Gasteiger partial charge is 0.381 e. The van der Waals surface area contributed by atoms with E-state index in [4.69, 9.17) is 4.74 Å². The molecule has 0 bridgehead atoms. The molecule has 0 aromatic carbocycles. The summed E-state index contributed by atoms with van der Waals surface area (Å²) in [5.74, 6) is 0.0249. The zero-order valence-corrected chi connectivity index (χ0v) is 8.79. The van der Waals surface area contributed by atoms with Crippen molar-refractivity contribution in [3.8, 4) is 0 Å². The van der Waals surface area contributed by atoms with E-state index in [1.807, 2.05) is 0 Å². The van der Waals surface area contributed by atoms with Crippen LogP contribution in [0.25, 0.3) is 0 Å². The van der Waals surface area contributed by atoms with Crippen LogP contribution in [0.1, 0.15) is 25.7 Å². The minimum absolute atomic E-state index is 0.193. The van der Waals surface area contributed by atoms with E-state index < -0.39 is 0 Å². The predicted molar refractivity (Wildman–Crippen MR) is 53.2 cm³/mol. The highest BCUT2D eigenvalue weighted by Crippen LogP contribution is 2.29. The molecule has 3 unspecified atom stereocenters. The van der Waals surface area contributed by atoms with Crippen LogP contribution in [0.5, 0.6) is 0 Å². The third-order valence-electron chi connectivity index (χ3n) is 3.28. The van der Waals surface area contributed by atoms with Crippen LogP contribution in [-0.4, -0.2) is 31.2 Å². The number of rotatable bonds is 2. The lowest BCUT2D eigenvalue weighted by Gasteiger charge is -2.30. The Morgan fingerprint density at radius 3 is 2.73 bits per heavy atom. The van der Waals surface area contributed by atoms with Crippen LogP contribution in [-0.2, 0) is 9.53 Å². The number of urea groups is 1. The molecule has 0 radical (unpaired) electrons. The summed E-state index contributed by atoms with van der Waals surface area (Å²) in [6.45, 7) is 0. The van der Waals surface area contributed by atoms with Crippen molar-refractivity contribution in [2.24, 2.45) is 5.92 Å². The fraction of sp³-hybridized carbons (Fsp3) is 0.800. The monoisotopic (exact) mass is 212 g/mol. The molecule has 0 aromatic rings. The lowest BCUT2D eigenvalue weighted by molar-refractivity contribution is -0.121. The maximum absolute atomic E-state index is 11.4. The van der Waals surface area contributed by atoms with E-state index in [2.05, 4.69) is 10.6 Å². The summed E-state index contributed by atoms with van der Waals surface area (Å²) in [5, 5.41) is 4.93. The quantitative estimate of drug-likeness (QED) is 0.651. The number of methoxy groups -OCH3 is 1. The molecule has 1 heterocycles. The summed E-state index contributed by atoms with van der Waals surface area (Å²) in [7, 11) is 1.69. The lowest BCUT2D eigenvalue weighted by Crippen LogP contribution is -2.40. The van der Waals surface area contributed by atoms with Crippen molar-refractivity contribution in [2.45, 2.75) is 37.8 Å². The Bertz CT molecular complexity index is 280. The number of nitrogens with one attached hydrogen (secondary N) is 2. The number of carbonyl (C=O) groups excluding carboxylic acids is 2. The fourth-order valence-corrected chi connectivity index (χ4v) is 2.46. The molecule has 2 N–H and O–H groups in total. The van der Waals surface area contributed by atoms with E-state index in [0.717, 1.165) is 25.7 Å². The van der Waals surface area contributed by atoms with E-state index in [9.17, 15) is 9.59 Å². The van der Waals surface area contributed by atoms with Crippen molar-refractivity contribution in [3.63, 3.8) is 0 Å². The smallest absolute Gasteiger partial charge is 0.322 e. The Morgan fingerprint density at radius 1 is 1.33 bits per heavy atom. The molecule has 5 nitrogen and oxygen atoms in total. The molecule has 2 aliphatic rings. The second-order valence-electron chi connectivity index (χ2n) is 4.22. The van der Waals surface area contributed by atoms with E-state index in [1.54, 1.807) is 7.11 Å². The summed E-state index contributed by atoms with van der Waals surface area (Å²) in [6.07, 6.45) is 4.18. The Kier molecular flexibility index (Phi) is 2.90. The summed E-state index contributed by atoms with van der Waals surface area (Å²) < 4.78 is 5.30. The SMILES string of the molecule is COC1CCCC(C2NC(=O)NC2=O)C1. The molecule has 1 aliphatic carbocycles. The molecule has 1 saturated heterocycles. The van der Waals surface area contributed by atoms with Crippen LogP contribution in [0, 0.1) is 5.92 Å². The minimum Gasteiger partial charge on any atom is -0.381 e. The van der Waals surface area contributed by atoms with Gasteiger partial charge >= 0.3 is 6.03 Å². The molecule has 1 aliphatic heterocycles. The third kappa shape index (κ3) is 2.12. The molecule has 5 heteroatoms. The zero-order valence-electron chi connectivity index (χ0n) is 8.79. The molecule has 15 heavy (non-hydrogen) atoms. The molecule has 84 valence electrons. The normalized spacial score (nSPS) is 36.2. The van der Waals surface area contributed by atoms with E-state index in [0.29, 0.717) is 0 Å². The second kappa shape index (κ2) is 4.18. The predicted octanol–water partition coefficient (Wildman–Crippen LogP) is 0.400. The number of amides is 3. The van der Waals surface area contributed by atoms with Crippen LogP contribution < -0.4 is 10.6 Å². The molecular formula is C10H16N2O3. The average Bonchev–Trinajstić information content (AvgIpc) is 2.58. The molecule has 2 rings (SSSR count). The van der Waals surface area contributed by atoms with Gasteiger partial charge in [-0.15, -0.1) is 0 Å². The molecular weight excluding hydrogens is 196 g/mol. The van der Waals surface area contributed by atoms with Crippen LogP contribution in [0.2, 0.25) is 0 Å². The molecule has 0 aromatic heterocycles. The van der Waals surface area contributed by atoms with Gasteiger partial charge in [0.05, 0.1) is 6.10 Å². The van der Waals surface area contributed by atoms with Gasteiger partial charge in [-0.1, -0.05) is 6.42 Å². The van der Waals surface area contributed by atoms with Crippen molar-refractivity contribution < 1.29 is 14.3 Å². The van der Waals surface area contributed by atoms with Gasteiger partial charge in [0.25, 0.3) is 5.91 Å². The highest BCUT2D eigenvalue weighted by Gasteiger charge is 2.38. The van der Waals surface area contributed by atoms with Gasteiger partial charge in [-0.2, -0.15) is 0 Å². The Labute approximate surface area is 88.5 Å². The first-order valence-electron chi connectivity index (χ1n) is 5.35. The first-order valence-corrected chi connectivity index (χ1v) is 5.35. The van der Waals surface area contributed by atoms with Gasteiger partial charge < -0.3 is 10.1 Å². The van der Waals surface area contributed by atoms with Crippen LogP contribution >= 0.6 is 0 Å². The van der Waals surface area contributed by atoms with Crippen LogP contribution in [0.3, 0.4) is 0 Å². The molecule has 3 amide bonds. The zero-order chi connectivity index (χ0) is 10.8. The van der Waals surface area contributed by atoms with Crippen molar-refractivity contribution in [3.05, 3.63) is 0 Å². The Morgan fingerprint density at radius 2 is 2.13 bits per heavy atom. The first kappa shape index (κ1) is 10.4. The molecule has 1 saturated carbocycles. The number of carbonyl (C=O) groups is 2. The Hall–Kier alpha value is -1.10. The molecule has 2 fully saturated rings. The third-order valence-corrected chi connectivity index (χ3v) is 3.28. The lowest BCUT2D eigenvalue weighted by atomic mass is 9.82. The Balaban J connectivity index is 1.98. The average molecular weight is 212 g/mol. The van der Waals surface area contributed by atoms with Crippen LogP contribution in [0.15, 0.2) is 0 Å². The maximum Gasteiger partial charge on any atom is 0.322 e. The molecule has 0 spiro atoms. The summed E-state index contributed by atoms with van der Waals surface area (Å²) >= 11 is 0. The van der Waals surface area contributed by atoms with Crippen molar-refractivity contribution in [1.82, 2.24) is 10.6 Å². The van der Waals surface area contributed by atoms with Gasteiger partial charge in [-0.25, -0.2) is 4.79 Å². The number of hydrogen-bond donors (Lipinski definition) is 2. The standard InChI is InChI=1S/C10H16N2O3/c1-15-7-4-2-3-6(5-7)8-9(13)12-10(14)11-8/h6-8H,2-5H2,1H3,(H2,11,12,13,14). The van der Waals surface area contributed by atoms with Gasteiger partial charge in [0, 0.05) is 7.11 Å². The van der Waals surface area contributed by atoms with Gasteiger partial charge in [-0.05, 0) is 25.2 Å². The number of imide groups is 1.